The topological polar surface area (TPSA) is 40.5 Å². The molecule has 1 fully saturated rings. The Bertz CT molecular complexity index is 210. The van der Waals surface area contributed by atoms with Crippen molar-refractivity contribution in [2.75, 3.05) is 13.1 Å². The summed E-state index contributed by atoms with van der Waals surface area (Å²) in [6.07, 6.45) is 6.77. The van der Waals surface area contributed by atoms with Crippen LogP contribution >= 0.6 is 0 Å². The van der Waals surface area contributed by atoms with Crippen LogP contribution < -0.4 is 0 Å². The molecule has 0 radical (unpaired) electrons. The predicted molar refractivity (Wildman–Crippen MR) is 61.0 cm³/mol. The Morgan fingerprint density at radius 1 is 1.20 bits per heavy atom. The third-order valence-electron chi connectivity index (χ3n) is 3.70. The Kier molecular flexibility index (Phi) is 4.58. The molecular weight excluding hydrogens is 190 g/mol. The molecule has 1 rings (SSSR count). The van der Waals surface area contributed by atoms with E-state index in [1.807, 2.05) is 13.8 Å². The van der Waals surface area contributed by atoms with Gasteiger partial charge in [-0.3, -0.25) is 9.69 Å². The van der Waals surface area contributed by atoms with Gasteiger partial charge in [0.05, 0.1) is 0 Å². The summed E-state index contributed by atoms with van der Waals surface area (Å²) in [5.41, 5.74) is -0.655. The lowest BCUT2D eigenvalue weighted by Gasteiger charge is -2.38. The number of hydrogen-bond donors (Lipinski definition) is 1. The summed E-state index contributed by atoms with van der Waals surface area (Å²) in [6.45, 7) is 5.71. The molecule has 3 heteroatoms. The first-order valence-corrected chi connectivity index (χ1v) is 6.09. The molecule has 0 amide bonds. The maximum Gasteiger partial charge on any atom is 0.323 e. The zero-order valence-electron chi connectivity index (χ0n) is 9.96. The fraction of sp³-hybridized carbons (Fsp3) is 0.917. The van der Waals surface area contributed by atoms with Gasteiger partial charge in [0.2, 0.25) is 0 Å². The fourth-order valence-electron chi connectivity index (χ4n) is 2.25. The smallest absolute Gasteiger partial charge is 0.323 e. The van der Waals surface area contributed by atoms with Gasteiger partial charge in [0.25, 0.3) is 0 Å². The zero-order valence-corrected chi connectivity index (χ0v) is 9.96. The van der Waals surface area contributed by atoms with E-state index < -0.39 is 11.5 Å². The van der Waals surface area contributed by atoms with Crippen LogP contribution in [0.2, 0.25) is 0 Å². The molecule has 1 saturated heterocycles. The number of likely N-dealkylation sites (tertiary alicyclic amines) is 1. The maximum absolute atomic E-state index is 11.3. The number of carboxylic acid groups (broad SMARTS) is 1. The van der Waals surface area contributed by atoms with Crippen molar-refractivity contribution in [1.82, 2.24) is 4.90 Å². The summed E-state index contributed by atoms with van der Waals surface area (Å²) in [5, 5.41) is 9.31. The Morgan fingerprint density at radius 2 is 1.67 bits per heavy atom. The average Bonchev–Trinajstić information content (AvgIpc) is 2.15. The monoisotopic (exact) mass is 213 g/mol. The molecule has 0 aromatic carbocycles. The van der Waals surface area contributed by atoms with Gasteiger partial charge in [-0.05, 0) is 39.3 Å². The summed E-state index contributed by atoms with van der Waals surface area (Å²) >= 11 is 0. The van der Waals surface area contributed by atoms with E-state index in [1.165, 1.54) is 19.3 Å². The molecule has 88 valence electrons. The van der Waals surface area contributed by atoms with E-state index in [-0.39, 0.29) is 0 Å². The summed E-state index contributed by atoms with van der Waals surface area (Å²) in [6, 6.07) is 0. The van der Waals surface area contributed by atoms with Gasteiger partial charge < -0.3 is 5.11 Å². The van der Waals surface area contributed by atoms with E-state index >= 15 is 0 Å². The molecular formula is C12H23NO2. The van der Waals surface area contributed by atoms with Gasteiger partial charge in [-0.15, -0.1) is 0 Å². The molecule has 15 heavy (non-hydrogen) atoms. The first kappa shape index (κ1) is 12.5. The van der Waals surface area contributed by atoms with Gasteiger partial charge in [0.15, 0.2) is 0 Å². The van der Waals surface area contributed by atoms with E-state index in [4.69, 9.17) is 0 Å². The van der Waals surface area contributed by atoms with E-state index in [9.17, 15) is 9.90 Å². The summed E-state index contributed by atoms with van der Waals surface area (Å²) in [4.78, 5) is 13.5. The molecule has 0 bridgehead atoms. The predicted octanol–water partition coefficient (Wildman–Crippen LogP) is 2.51. The van der Waals surface area contributed by atoms with Crippen molar-refractivity contribution in [3.8, 4) is 0 Å². The second-order valence-electron chi connectivity index (χ2n) is 4.69. The Morgan fingerprint density at radius 3 is 2.07 bits per heavy atom. The SMILES string of the molecule is CCC(C)(C(=O)O)N1CCCCCCC1. The van der Waals surface area contributed by atoms with Crippen LogP contribution in [0.4, 0.5) is 0 Å². The first-order chi connectivity index (χ1) is 7.11. The molecule has 1 aliphatic rings. The average molecular weight is 213 g/mol. The molecule has 1 unspecified atom stereocenters. The van der Waals surface area contributed by atoms with Gasteiger partial charge in [0.1, 0.15) is 5.54 Å². The third kappa shape index (κ3) is 2.94. The minimum atomic E-state index is -0.675. The number of rotatable bonds is 3. The van der Waals surface area contributed by atoms with Crippen molar-refractivity contribution in [1.29, 1.82) is 0 Å². The summed E-state index contributed by atoms with van der Waals surface area (Å²) in [5.74, 6) is -0.675. The quantitative estimate of drug-likeness (QED) is 0.783. The van der Waals surface area contributed by atoms with Crippen LogP contribution in [-0.4, -0.2) is 34.6 Å². The number of nitrogens with zero attached hydrogens (tertiary/aromatic N) is 1. The molecule has 1 heterocycles. The molecule has 0 aromatic rings. The molecule has 0 aromatic heterocycles. The third-order valence-corrected chi connectivity index (χ3v) is 3.70. The van der Waals surface area contributed by atoms with Crippen LogP contribution in [0.25, 0.3) is 0 Å². The van der Waals surface area contributed by atoms with Crippen molar-refractivity contribution >= 4 is 5.97 Å². The lowest BCUT2D eigenvalue weighted by Crippen LogP contribution is -2.53. The normalized spacial score (nSPS) is 23.9. The maximum atomic E-state index is 11.3. The van der Waals surface area contributed by atoms with E-state index in [1.54, 1.807) is 0 Å². The highest BCUT2D eigenvalue weighted by Gasteiger charge is 2.37. The van der Waals surface area contributed by atoms with E-state index in [0.29, 0.717) is 6.42 Å². The summed E-state index contributed by atoms with van der Waals surface area (Å²) < 4.78 is 0. The highest BCUT2D eigenvalue weighted by molar-refractivity contribution is 5.78. The van der Waals surface area contributed by atoms with Crippen LogP contribution in [0.3, 0.4) is 0 Å². The lowest BCUT2D eigenvalue weighted by atomic mass is 9.94. The molecule has 1 N–H and O–H groups in total. The first-order valence-electron chi connectivity index (χ1n) is 6.09. The second kappa shape index (κ2) is 5.50. The Labute approximate surface area is 92.5 Å². The minimum absolute atomic E-state index is 0.655. The van der Waals surface area contributed by atoms with Crippen molar-refractivity contribution in [3.05, 3.63) is 0 Å². The highest BCUT2D eigenvalue weighted by Crippen LogP contribution is 2.23. The van der Waals surface area contributed by atoms with Gasteiger partial charge in [0, 0.05) is 0 Å². The highest BCUT2D eigenvalue weighted by atomic mass is 16.4. The van der Waals surface area contributed by atoms with E-state index in [0.717, 1.165) is 25.9 Å². The molecule has 3 nitrogen and oxygen atoms in total. The van der Waals surface area contributed by atoms with Crippen LogP contribution in [0.1, 0.15) is 52.4 Å². The Balaban J connectivity index is 2.67. The number of carboxylic acids is 1. The van der Waals surface area contributed by atoms with Crippen molar-refractivity contribution in [2.45, 2.75) is 57.9 Å². The van der Waals surface area contributed by atoms with Crippen LogP contribution in [-0.2, 0) is 4.79 Å². The van der Waals surface area contributed by atoms with E-state index in [2.05, 4.69) is 4.90 Å². The van der Waals surface area contributed by atoms with Gasteiger partial charge in [-0.25, -0.2) is 0 Å². The lowest BCUT2D eigenvalue weighted by molar-refractivity contribution is -0.151. The number of carbonyl (C=O) groups is 1. The number of hydrogen-bond acceptors (Lipinski definition) is 2. The molecule has 0 saturated carbocycles. The largest absolute Gasteiger partial charge is 0.480 e. The van der Waals surface area contributed by atoms with Crippen molar-refractivity contribution in [3.63, 3.8) is 0 Å². The van der Waals surface area contributed by atoms with Crippen molar-refractivity contribution < 1.29 is 9.90 Å². The minimum Gasteiger partial charge on any atom is -0.480 e. The number of aliphatic carboxylic acids is 1. The molecule has 1 aliphatic heterocycles. The summed E-state index contributed by atoms with van der Waals surface area (Å²) in [7, 11) is 0. The van der Waals surface area contributed by atoms with Gasteiger partial charge >= 0.3 is 5.97 Å². The second-order valence-corrected chi connectivity index (χ2v) is 4.69. The van der Waals surface area contributed by atoms with Crippen molar-refractivity contribution in [2.24, 2.45) is 0 Å². The zero-order chi connectivity index (χ0) is 11.3. The molecule has 0 spiro atoms. The van der Waals surface area contributed by atoms with Gasteiger partial charge in [-0.1, -0.05) is 26.2 Å². The molecule has 0 aliphatic carbocycles. The van der Waals surface area contributed by atoms with Gasteiger partial charge in [-0.2, -0.15) is 0 Å². The van der Waals surface area contributed by atoms with Crippen LogP contribution in [0, 0.1) is 0 Å². The Hall–Kier alpha value is -0.570. The van der Waals surface area contributed by atoms with Crippen LogP contribution in [0.15, 0.2) is 0 Å². The van der Waals surface area contributed by atoms with Crippen LogP contribution in [0.5, 0.6) is 0 Å². The fourth-order valence-corrected chi connectivity index (χ4v) is 2.25. The molecule has 1 atom stereocenters. The standard InChI is InChI=1S/C12H23NO2/c1-3-12(2,11(14)15)13-9-7-5-4-6-8-10-13/h3-10H2,1-2H3,(H,14,15).